The first-order valence-electron chi connectivity index (χ1n) is 7.99. The van der Waals surface area contributed by atoms with Crippen molar-refractivity contribution in [1.82, 2.24) is 15.2 Å². The van der Waals surface area contributed by atoms with E-state index in [0.29, 0.717) is 12.3 Å². The summed E-state index contributed by atoms with van der Waals surface area (Å²) in [6.07, 6.45) is 2.72. The molecule has 0 unspecified atom stereocenters. The zero-order chi connectivity index (χ0) is 15.9. The standard InChI is InChI=1S/C16H27N3O2S/c1-12-15(22-13(2)18-12)9-16(20)17-10-14-5-7-19(11-14)6-4-8-21-3/h14H,4-11H2,1-3H3,(H,17,20)/t14-/m0/s1. The first-order valence-corrected chi connectivity index (χ1v) is 8.81. The van der Waals surface area contributed by atoms with Gasteiger partial charge in [0.2, 0.25) is 5.91 Å². The zero-order valence-electron chi connectivity index (χ0n) is 13.9. The first-order chi connectivity index (χ1) is 10.6. The third-order valence-corrected chi connectivity index (χ3v) is 5.17. The molecule has 1 aromatic rings. The van der Waals surface area contributed by atoms with Crippen molar-refractivity contribution in [2.24, 2.45) is 5.92 Å². The van der Waals surface area contributed by atoms with E-state index in [-0.39, 0.29) is 5.91 Å². The van der Waals surface area contributed by atoms with Gasteiger partial charge in [0.1, 0.15) is 0 Å². The normalized spacial score (nSPS) is 18.8. The number of aryl methyl sites for hydroxylation is 2. The number of ether oxygens (including phenoxy) is 1. The second-order valence-electron chi connectivity index (χ2n) is 6.02. The van der Waals surface area contributed by atoms with Gasteiger partial charge in [0.25, 0.3) is 0 Å². The van der Waals surface area contributed by atoms with E-state index in [9.17, 15) is 4.79 Å². The summed E-state index contributed by atoms with van der Waals surface area (Å²) in [6.45, 7) is 8.89. The highest BCUT2D eigenvalue weighted by Gasteiger charge is 2.22. The van der Waals surface area contributed by atoms with Crippen molar-refractivity contribution >= 4 is 17.2 Å². The molecule has 1 amide bonds. The van der Waals surface area contributed by atoms with Gasteiger partial charge in [-0.3, -0.25) is 4.79 Å². The van der Waals surface area contributed by atoms with Gasteiger partial charge in [-0.25, -0.2) is 4.98 Å². The molecule has 1 aliphatic heterocycles. The Morgan fingerprint density at radius 3 is 3.00 bits per heavy atom. The Kier molecular flexibility index (Phi) is 6.79. The molecule has 0 radical (unpaired) electrons. The van der Waals surface area contributed by atoms with Crippen LogP contribution in [-0.2, 0) is 16.0 Å². The average Bonchev–Trinajstić information content (AvgIpc) is 3.04. The number of amides is 1. The predicted octanol–water partition coefficient (Wildman–Crippen LogP) is 1.78. The molecule has 5 nitrogen and oxygen atoms in total. The van der Waals surface area contributed by atoms with Crippen molar-refractivity contribution in [2.75, 3.05) is 39.9 Å². The molecule has 22 heavy (non-hydrogen) atoms. The van der Waals surface area contributed by atoms with Crippen LogP contribution in [0, 0.1) is 19.8 Å². The zero-order valence-corrected chi connectivity index (χ0v) is 14.7. The van der Waals surface area contributed by atoms with E-state index in [1.54, 1.807) is 18.4 Å². The molecule has 0 saturated carbocycles. The first kappa shape index (κ1) is 17.4. The molecule has 0 spiro atoms. The van der Waals surface area contributed by atoms with Gasteiger partial charge in [-0.05, 0) is 39.2 Å². The molecule has 0 aromatic carbocycles. The number of rotatable bonds is 8. The Bertz CT molecular complexity index is 490. The lowest BCUT2D eigenvalue weighted by Crippen LogP contribution is -2.32. The summed E-state index contributed by atoms with van der Waals surface area (Å²) < 4.78 is 5.09. The number of likely N-dealkylation sites (tertiary alicyclic amines) is 1. The number of aromatic nitrogens is 1. The van der Waals surface area contributed by atoms with Crippen LogP contribution in [0.3, 0.4) is 0 Å². The van der Waals surface area contributed by atoms with Crippen LogP contribution in [0.1, 0.15) is 28.4 Å². The molecule has 0 bridgehead atoms. The average molecular weight is 325 g/mol. The van der Waals surface area contributed by atoms with Crippen molar-refractivity contribution in [3.05, 3.63) is 15.6 Å². The van der Waals surface area contributed by atoms with E-state index >= 15 is 0 Å². The number of carbonyl (C=O) groups excluding carboxylic acids is 1. The van der Waals surface area contributed by atoms with Crippen molar-refractivity contribution in [3.63, 3.8) is 0 Å². The van der Waals surface area contributed by atoms with Gasteiger partial charge in [-0.2, -0.15) is 0 Å². The maximum atomic E-state index is 12.1. The van der Waals surface area contributed by atoms with Gasteiger partial charge in [-0.1, -0.05) is 0 Å². The maximum absolute atomic E-state index is 12.1. The van der Waals surface area contributed by atoms with E-state index in [2.05, 4.69) is 15.2 Å². The SMILES string of the molecule is COCCCN1CC[C@@H](CNC(=O)Cc2sc(C)nc2C)C1. The molecule has 2 heterocycles. The van der Waals surface area contributed by atoms with Crippen LogP contribution in [0.5, 0.6) is 0 Å². The minimum absolute atomic E-state index is 0.115. The van der Waals surface area contributed by atoms with Gasteiger partial charge >= 0.3 is 0 Å². The van der Waals surface area contributed by atoms with Gasteiger partial charge in [0, 0.05) is 38.2 Å². The van der Waals surface area contributed by atoms with E-state index in [1.807, 2.05) is 13.8 Å². The lowest BCUT2D eigenvalue weighted by atomic mass is 10.1. The summed E-state index contributed by atoms with van der Waals surface area (Å²) in [5.41, 5.74) is 0.989. The van der Waals surface area contributed by atoms with Crippen LogP contribution in [-0.4, -0.2) is 55.7 Å². The summed E-state index contributed by atoms with van der Waals surface area (Å²) in [6, 6.07) is 0. The third kappa shape index (κ3) is 5.34. The van der Waals surface area contributed by atoms with E-state index in [4.69, 9.17) is 4.74 Å². The summed E-state index contributed by atoms with van der Waals surface area (Å²) in [7, 11) is 1.74. The predicted molar refractivity (Wildman–Crippen MR) is 89.3 cm³/mol. The van der Waals surface area contributed by atoms with Gasteiger partial charge in [0.05, 0.1) is 17.1 Å². The highest BCUT2D eigenvalue weighted by Crippen LogP contribution is 2.18. The monoisotopic (exact) mass is 325 g/mol. The number of nitrogens with zero attached hydrogens (tertiary/aromatic N) is 2. The van der Waals surface area contributed by atoms with E-state index in [0.717, 1.165) is 54.8 Å². The number of nitrogens with one attached hydrogen (secondary N) is 1. The van der Waals surface area contributed by atoms with Crippen LogP contribution >= 0.6 is 11.3 Å². The molecule has 124 valence electrons. The number of hydrogen-bond acceptors (Lipinski definition) is 5. The Morgan fingerprint density at radius 2 is 2.32 bits per heavy atom. The van der Waals surface area contributed by atoms with Crippen molar-refractivity contribution in [2.45, 2.75) is 33.1 Å². The largest absolute Gasteiger partial charge is 0.385 e. The highest BCUT2D eigenvalue weighted by molar-refractivity contribution is 7.11. The Morgan fingerprint density at radius 1 is 1.50 bits per heavy atom. The molecule has 2 rings (SSSR count). The summed E-state index contributed by atoms with van der Waals surface area (Å²) >= 11 is 1.62. The fraction of sp³-hybridized carbons (Fsp3) is 0.750. The minimum atomic E-state index is 0.115. The quantitative estimate of drug-likeness (QED) is 0.740. The molecule has 1 N–H and O–H groups in total. The van der Waals surface area contributed by atoms with Gasteiger partial charge < -0.3 is 15.0 Å². The third-order valence-electron chi connectivity index (χ3n) is 4.10. The lowest BCUT2D eigenvalue weighted by Gasteiger charge is -2.16. The molecule has 1 aromatic heterocycles. The topological polar surface area (TPSA) is 54.5 Å². The number of thiazole rings is 1. The van der Waals surface area contributed by atoms with Crippen molar-refractivity contribution in [3.8, 4) is 0 Å². The van der Waals surface area contributed by atoms with Crippen LogP contribution in [0.4, 0.5) is 0 Å². The van der Waals surface area contributed by atoms with Crippen LogP contribution in [0.25, 0.3) is 0 Å². The van der Waals surface area contributed by atoms with Crippen LogP contribution in [0.2, 0.25) is 0 Å². The number of methoxy groups -OCH3 is 1. The Hall–Kier alpha value is -0.980. The minimum Gasteiger partial charge on any atom is -0.385 e. The second-order valence-corrected chi connectivity index (χ2v) is 7.31. The van der Waals surface area contributed by atoms with Gasteiger partial charge in [-0.15, -0.1) is 11.3 Å². The van der Waals surface area contributed by atoms with Crippen LogP contribution in [0.15, 0.2) is 0 Å². The van der Waals surface area contributed by atoms with Crippen LogP contribution < -0.4 is 5.32 Å². The van der Waals surface area contributed by atoms with E-state index in [1.165, 1.54) is 6.42 Å². The summed E-state index contributed by atoms with van der Waals surface area (Å²) in [5, 5.41) is 4.12. The van der Waals surface area contributed by atoms with Gasteiger partial charge in [0.15, 0.2) is 0 Å². The lowest BCUT2D eigenvalue weighted by molar-refractivity contribution is -0.120. The number of hydrogen-bond donors (Lipinski definition) is 1. The Balaban J connectivity index is 1.66. The molecule has 6 heteroatoms. The van der Waals surface area contributed by atoms with Crippen molar-refractivity contribution in [1.29, 1.82) is 0 Å². The maximum Gasteiger partial charge on any atom is 0.225 e. The molecular weight excluding hydrogens is 298 g/mol. The highest BCUT2D eigenvalue weighted by atomic mass is 32.1. The number of carbonyl (C=O) groups is 1. The fourth-order valence-electron chi connectivity index (χ4n) is 2.92. The molecule has 1 atom stereocenters. The molecule has 0 aliphatic carbocycles. The summed E-state index contributed by atoms with van der Waals surface area (Å²) in [5.74, 6) is 0.695. The smallest absolute Gasteiger partial charge is 0.225 e. The molecular formula is C16H27N3O2S. The second kappa shape index (κ2) is 8.60. The molecule has 1 fully saturated rings. The molecule has 1 aliphatic rings. The van der Waals surface area contributed by atoms with Crippen molar-refractivity contribution < 1.29 is 9.53 Å². The fourth-order valence-corrected chi connectivity index (χ4v) is 3.85. The van der Waals surface area contributed by atoms with E-state index < -0.39 is 0 Å². The Labute approximate surface area is 137 Å². The summed E-state index contributed by atoms with van der Waals surface area (Å²) in [4.78, 5) is 20.0. The molecule has 1 saturated heterocycles.